The van der Waals surface area contributed by atoms with E-state index in [-0.39, 0.29) is 5.97 Å². The first kappa shape index (κ1) is 14.0. The second-order valence-corrected chi connectivity index (χ2v) is 4.74. The van der Waals surface area contributed by atoms with Crippen LogP contribution in [0.4, 0.5) is 0 Å². The Kier molecular flexibility index (Phi) is 4.95. The molecule has 17 heavy (non-hydrogen) atoms. The van der Waals surface area contributed by atoms with Crippen LogP contribution >= 0.6 is 11.8 Å². The summed E-state index contributed by atoms with van der Waals surface area (Å²) < 4.78 is 5.03. The van der Waals surface area contributed by atoms with Crippen molar-refractivity contribution < 1.29 is 9.53 Å². The van der Waals surface area contributed by atoms with Crippen molar-refractivity contribution in [1.29, 1.82) is 0 Å². The first-order valence-corrected chi connectivity index (χ1v) is 6.38. The molecule has 0 radical (unpaired) electrons. The molecule has 0 bridgehead atoms. The largest absolute Gasteiger partial charge is 0.465 e. The molecule has 96 valence electrons. The van der Waals surface area contributed by atoms with E-state index in [0.29, 0.717) is 17.5 Å². The summed E-state index contributed by atoms with van der Waals surface area (Å²) in [6.45, 7) is 5.80. The second-order valence-electron chi connectivity index (χ2n) is 3.79. The molecule has 0 amide bonds. The number of ether oxygens (including phenoxy) is 1. The molecule has 7 heteroatoms. The van der Waals surface area contributed by atoms with Crippen molar-refractivity contribution >= 4 is 17.7 Å². The van der Waals surface area contributed by atoms with Crippen LogP contribution in [0.2, 0.25) is 0 Å². The number of nitrogens with zero attached hydrogens (tertiary/aromatic N) is 2. The van der Waals surface area contributed by atoms with Crippen LogP contribution in [0.5, 0.6) is 0 Å². The molecule has 1 aromatic heterocycles. The van der Waals surface area contributed by atoms with Crippen LogP contribution in [0.25, 0.3) is 0 Å². The summed E-state index contributed by atoms with van der Waals surface area (Å²) in [4.78, 5) is 15.9. The second kappa shape index (κ2) is 6.02. The molecule has 0 aliphatic carbocycles. The molecule has 0 saturated carbocycles. The van der Waals surface area contributed by atoms with E-state index in [4.69, 9.17) is 4.74 Å². The van der Waals surface area contributed by atoms with Gasteiger partial charge in [-0.25, -0.2) is 4.98 Å². The average Bonchev–Trinajstić information content (AvgIpc) is 2.72. The molecule has 0 spiro atoms. The molecule has 1 heterocycles. The van der Waals surface area contributed by atoms with Crippen LogP contribution in [0, 0.1) is 6.92 Å². The Bertz CT molecular complexity index is 382. The van der Waals surface area contributed by atoms with Gasteiger partial charge >= 0.3 is 5.97 Å². The van der Waals surface area contributed by atoms with Gasteiger partial charge in [-0.05, 0) is 27.8 Å². The van der Waals surface area contributed by atoms with Gasteiger partial charge in [-0.3, -0.25) is 9.89 Å². The minimum atomic E-state index is -0.727. The first-order chi connectivity index (χ1) is 8.01. The van der Waals surface area contributed by atoms with Gasteiger partial charge in [-0.1, -0.05) is 11.8 Å². The highest BCUT2D eigenvalue weighted by Gasteiger charge is 2.33. The lowest BCUT2D eigenvalue weighted by atomic mass is 10.1. The third-order valence-corrected chi connectivity index (χ3v) is 3.51. The molecule has 0 fully saturated rings. The average molecular weight is 258 g/mol. The Labute approximate surface area is 105 Å². The number of thioether (sulfide) groups is 1. The number of aromatic nitrogens is 3. The molecule has 0 saturated heterocycles. The fourth-order valence-corrected chi connectivity index (χ4v) is 2.11. The van der Waals surface area contributed by atoms with Gasteiger partial charge in [-0.2, -0.15) is 0 Å². The lowest BCUT2D eigenvalue weighted by Gasteiger charge is -2.25. The number of aryl methyl sites for hydroxylation is 1. The number of likely N-dealkylation sites (N-methyl/N-ethyl adjacent to an activating group) is 1. The molecule has 1 atom stereocenters. The molecular formula is C10H18N4O2S. The minimum Gasteiger partial charge on any atom is -0.465 e. The number of rotatable bonds is 6. The van der Waals surface area contributed by atoms with Crippen LogP contribution in [-0.4, -0.2) is 46.1 Å². The zero-order chi connectivity index (χ0) is 12.9. The lowest BCUT2D eigenvalue weighted by molar-refractivity contribution is -0.149. The Morgan fingerprint density at radius 1 is 1.65 bits per heavy atom. The van der Waals surface area contributed by atoms with Crippen molar-refractivity contribution in [3.05, 3.63) is 5.82 Å². The zero-order valence-corrected chi connectivity index (χ0v) is 11.3. The van der Waals surface area contributed by atoms with E-state index in [2.05, 4.69) is 20.5 Å². The van der Waals surface area contributed by atoms with Crippen molar-refractivity contribution in [2.24, 2.45) is 0 Å². The van der Waals surface area contributed by atoms with Gasteiger partial charge in [0.1, 0.15) is 11.4 Å². The van der Waals surface area contributed by atoms with E-state index in [1.807, 2.05) is 6.92 Å². The van der Waals surface area contributed by atoms with Gasteiger partial charge < -0.3 is 10.1 Å². The number of aromatic amines is 1. The van der Waals surface area contributed by atoms with Gasteiger partial charge in [0.25, 0.3) is 0 Å². The maximum absolute atomic E-state index is 11.8. The number of esters is 1. The smallest absolute Gasteiger partial charge is 0.326 e. The molecule has 0 aliphatic heterocycles. The van der Waals surface area contributed by atoms with E-state index in [1.165, 1.54) is 11.8 Å². The topological polar surface area (TPSA) is 79.9 Å². The maximum atomic E-state index is 11.8. The summed E-state index contributed by atoms with van der Waals surface area (Å²) in [6, 6.07) is 0. The van der Waals surface area contributed by atoms with E-state index in [9.17, 15) is 4.79 Å². The van der Waals surface area contributed by atoms with E-state index >= 15 is 0 Å². The van der Waals surface area contributed by atoms with E-state index in [1.54, 1.807) is 20.9 Å². The van der Waals surface area contributed by atoms with Crippen LogP contribution in [-0.2, 0) is 9.53 Å². The van der Waals surface area contributed by atoms with Gasteiger partial charge in [0.2, 0.25) is 5.16 Å². The monoisotopic (exact) mass is 258 g/mol. The molecule has 1 rings (SSSR count). The Hall–Kier alpha value is -1.08. The van der Waals surface area contributed by atoms with E-state index in [0.717, 1.165) is 5.82 Å². The highest BCUT2D eigenvalue weighted by atomic mass is 32.2. The van der Waals surface area contributed by atoms with Crippen molar-refractivity contribution in [2.45, 2.75) is 31.5 Å². The SMILES string of the molecule is CCOC(=O)C(C)(CSc1n[nH]c(C)n1)NC. The molecule has 0 aromatic carbocycles. The van der Waals surface area contributed by atoms with Crippen molar-refractivity contribution in [1.82, 2.24) is 20.5 Å². The summed E-state index contributed by atoms with van der Waals surface area (Å²) in [5, 5.41) is 10.4. The van der Waals surface area contributed by atoms with Gasteiger partial charge in [0.15, 0.2) is 0 Å². The van der Waals surface area contributed by atoms with Crippen LogP contribution in [0.3, 0.4) is 0 Å². The number of H-pyrrole nitrogens is 1. The quantitative estimate of drug-likeness (QED) is 0.579. The predicted molar refractivity (Wildman–Crippen MR) is 65.9 cm³/mol. The normalized spacial score (nSPS) is 14.4. The fraction of sp³-hybridized carbons (Fsp3) is 0.700. The summed E-state index contributed by atoms with van der Waals surface area (Å²) >= 11 is 1.41. The molecule has 1 aromatic rings. The van der Waals surface area contributed by atoms with Crippen LogP contribution < -0.4 is 5.32 Å². The Morgan fingerprint density at radius 2 is 2.35 bits per heavy atom. The molecule has 0 aliphatic rings. The Balaban J connectivity index is 2.59. The third-order valence-electron chi connectivity index (χ3n) is 2.34. The summed E-state index contributed by atoms with van der Waals surface area (Å²) in [5.74, 6) is 1.01. The zero-order valence-electron chi connectivity index (χ0n) is 10.5. The van der Waals surface area contributed by atoms with Crippen LogP contribution in [0.15, 0.2) is 5.16 Å². The summed E-state index contributed by atoms with van der Waals surface area (Å²) in [6.07, 6.45) is 0. The number of carbonyl (C=O) groups is 1. The van der Waals surface area contributed by atoms with Crippen LogP contribution in [0.1, 0.15) is 19.7 Å². The molecule has 2 N–H and O–H groups in total. The van der Waals surface area contributed by atoms with Gasteiger partial charge in [0.05, 0.1) is 6.61 Å². The highest BCUT2D eigenvalue weighted by molar-refractivity contribution is 7.99. The van der Waals surface area contributed by atoms with Crippen molar-refractivity contribution in [3.8, 4) is 0 Å². The predicted octanol–water partition coefficient (Wildman–Crippen LogP) is 0.746. The number of hydrogen-bond donors (Lipinski definition) is 2. The number of hydrogen-bond acceptors (Lipinski definition) is 6. The van der Waals surface area contributed by atoms with E-state index < -0.39 is 5.54 Å². The lowest BCUT2D eigenvalue weighted by Crippen LogP contribution is -2.50. The molecule has 6 nitrogen and oxygen atoms in total. The summed E-state index contributed by atoms with van der Waals surface area (Å²) in [5.41, 5.74) is -0.727. The number of nitrogens with one attached hydrogen (secondary N) is 2. The van der Waals surface area contributed by atoms with Gasteiger partial charge in [0, 0.05) is 5.75 Å². The summed E-state index contributed by atoms with van der Waals surface area (Å²) in [7, 11) is 1.74. The standard InChI is InChI=1S/C10H18N4O2S/c1-5-16-8(15)10(3,11-4)6-17-9-12-7(2)13-14-9/h11H,5-6H2,1-4H3,(H,12,13,14). The maximum Gasteiger partial charge on any atom is 0.326 e. The molecular weight excluding hydrogens is 240 g/mol. The Morgan fingerprint density at radius 3 is 2.82 bits per heavy atom. The molecule has 1 unspecified atom stereocenters. The number of carbonyl (C=O) groups excluding carboxylic acids is 1. The third kappa shape index (κ3) is 3.71. The first-order valence-electron chi connectivity index (χ1n) is 5.39. The van der Waals surface area contributed by atoms with Gasteiger partial charge in [-0.15, -0.1) is 5.10 Å². The minimum absolute atomic E-state index is 0.262. The van der Waals surface area contributed by atoms with Crippen molar-refractivity contribution in [2.75, 3.05) is 19.4 Å². The highest BCUT2D eigenvalue weighted by Crippen LogP contribution is 2.20. The fourth-order valence-electron chi connectivity index (χ4n) is 1.12. The van der Waals surface area contributed by atoms with Crippen molar-refractivity contribution in [3.63, 3.8) is 0 Å².